The molecule has 0 heterocycles. The number of ketones is 1. The van der Waals surface area contributed by atoms with E-state index in [0.29, 0.717) is 26.1 Å². The molecule has 0 rings (SSSR count). The number of unbranched alkanes of at least 4 members (excludes halogenated alkanes) is 1. The van der Waals surface area contributed by atoms with Crippen LogP contribution in [0.1, 0.15) is 46.0 Å². The maximum Gasteiger partial charge on any atom is 0.313 e. The molecule has 0 amide bonds. The van der Waals surface area contributed by atoms with Gasteiger partial charge in [-0.15, -0.1) is 0 Å². The molecular weight excluding hydrogens is 208 g/mol. The normalized spacial score (nSPS) is 10.1. The van der Waals surface area contributed by atoms with E-state index in [1.807, 2.05) is 0 Å². The van der Waals surface area contributed by atoms with Crippen molar-refractivity contribution >= 4 is 11.8 Å². The second-order valence-electron chi connectivity index (χ2n) is 3.59. The predicted octanol–water partition coefficient (Wildman–Crippen LogP) is 2.11. The summed E-state index contributed by atoms with van der Waals surface area (Å²) in [6.45, 7) is 5.50. The van der Waals surface area contributed by atoms with E-state index in [4.69, 9.17) is 4.74 Å². The summed E-state index contributed by atoms with van der Waals surface area (Å²) in [5.41, 5.74) is 0. The maximum absolute atomic E-state index is 11.3. The number of hydrogen-bond donors (Lipinski definition) is 0. The third-order valence-corrected chi connectivity index (χ3v) is 2.03. The van der Waals surface area contributed by atoms with Gasteiger partial charge in [-0.2, -0.15) is 0 Å². The van der Waals surface area contributed by atoms with Gasteiger partial charge in [0.2, 0.25) is 0 Å². The van der Waals surface area contributed by atoms with Gasteiger partial charge in [0, 0.05) is 19.6 Å². The molecule has 0 aromatic heterocycles. The van der Waals surface area contributed by atoms with Crippen molar-refractivity contribution in [1.29, 1.82) is 0 Å². The maximum atomic E-state index is 11.3. The Morgan fingerprint density at radius 1 is 1.06 bits per heavy atom. The van der Waals surface area contributed by atoms with Gasteiger partial charge < -0.3 is 9.47 Å². The summed E-state index contributed by atoms with van der Waals surface area (Å²) >= 11 is 0. The standard InChI is InChI=1S/C12H22O4/c1-3-5-8-15-9-6-7-11(13)10-12(14)16-4-2/h3-10H2,1-2H3. The van der Waals surface area contributed by atoms with E-state index in [-0.39, 0.29) is 12.2 Å². The van der Waals surface area contributed by atoms with Gasteiger partial charge in [0.15, 0.2) is 0 Å². The van der Waals surface area contributed by atoms with Crippen LogP contribution in [0.5, 0.6) is 0 Å². The summed E-state index contributed by atoms with van der Waals surface area (Å²) in [5, 5.41) is 0. The van der Waals surface area contributed by atoms with E-state index in [2.05, 4.69) is 11.7 Å². The van der Waals surface area contributed by atoms with Crippen LogP contribution in [-0.4, -0.2) is 31.6 Å². The number of carbonyl (C=O) groups is 2. The Morgan fingerprint density at radius 2 is 1.75 bits per heavy atom. The van der Waals surface area contributed by atoms with E-state index in [1.165, 1.54) is 0 Å². The Balaban J connectivity index is 3.33. The van der Waals surface area contributed by atoms with Crippen LogP contribution in [0.4, 0.5) is 0 Å². The molecule has 0 spiro atoms. The SMILES string of the molecule is CCCCOCCCC(=O)CC(=O)OCC. The van der Waals surface area contributed by atoms with Gasteiger partial charge in [0.25, 0.3) is 0 Å². The molecule has 0 aliphatic rings. The van der Waals surface area contributed by atoms with Crippen LogP contribution in [0.3, 0.4) is 0 Å². The number of ether oxygens (including phenoxy) is 2. The highest BCUT2D eigenvalue weighted by Crippen LogP contribution is 1.98. The van der Waals surface area contributed by atoms with Crippen molar-refractivity contribution in [2.24, 2.45) is 0 Å². The molecule has 0 N–H and O–H groups in total. The number of hydrogen-bond acceptors (Lipinski definition) is 4. The Kier molecular flexibility index (Phi) is 10.0. The van der Waals surface area contributed by atoms with Crippen LogP contribution in [0.2, 0.25) is 0 Å². The average Bonchev–Trinajstić information content (AvgIpc) is 2.23. The summed E-state index contributed by atoms with van der Waals surface area (Å²) in [7, 11) is 0. The summed E-state index contributed by atoms with van der Waals surface area (Å²) in [4.78, 5) is 22.2. The topological polar surface area (TPSA) is 52.6 Å². The summed E-state index contributed by atoms with van der Waals surface area (Å²) in [5.74, 6) is -0.503. The first-order valence-corrected chi connectivity index (χ1v) is 5.95. The van der Waals surface area contributed by atoms with Gasteiger partial charge in [-0.05, 0) is 19.8 Å². The van der Waals surface area contributed by atoms with E-state index < -0.39 is 5.97 Å². The number of rotatable bonds is 10. The summed E-state index contributed by atoms with van der Waals surface area (Å²) < 4.78 is 9.99. The Hall–Kier alpha value is -0.900. The highest BCUT2D eigenvalue weighted by atomic mass is 16.5. The van der Waals surface area contributed by atoms with Gasteiger partial charge in [-0.25, -0.2) is 0 Å². The zero-order valence-corrected chi connectivity index (χ0v) is 10.3. The van der Waals surface area contributed by atoms with Crippen LogP contribution in [-0.2, 0) is 19.1 Å². The molecule has 16 heavy (non-hydrogen) atoms. The first-order valence-electron chi connectivity index (χ1n) is 5.95. The Morgan fingerprint density at radius 3 is 2.38 bits per heavy atom. The van der Waals surface area contributed by atoms with Crippen molar-refractivity contribution in [2.75, 3.05) is 19.8 Å². The monoisotopic (exact) mass is 230 g/mol. The number of Topliss-reactive ketones (excluding diaryl/α,β-unsaturated/α-hetero) is 1. The van der Waals surface area contributed by atoms with Crippen LogP contribution >= 0.6 is 0 Å². The van der Waals surface area contributed by atoms with Crippen molar-refractivity contribution in [2.45, 2.75) is 46.0 Å². The van der Waals surface area contributed by atoms with Crippen LogP contribution < -0.4 is 0 Å². The molecule has 0 unspecified atom stereocenters. The van der Waals surface area contributed by atoms with Crippen LogP contribution in [0, 0.1) is 0 Å². The van der Waals surface area contributed by atoms with E-state index in [1.54, 1.807) is 6.92 Å². The summed E-state index contributed by atoms with van der Waals surface area (Å²) in [6, 6.07) is 0. The van der Waals surface area contributed by atoms with Gasteiger partial charge in [0.1, 0.15) is 12.2 Å². The molecule has 0 aliphatic heterocycles. The van der Waals surface area contributed by atoms with E-state index in [9.17, 15) is 9.59 Å². The van der Waals surface area contributed by atoms with Gasteiger partial charge in [-0.3, -0.25) is 9.59 Å². The number of esters is 1. The molecule has 4 heteroatoms. The minimum absolute atomic E-state index is 0.0717. The molecule has 0 saturated carbocycles. The molecule has 0 radical (unpaired) electrons. The quantitative estimate of drug-likeness (QED) is 0.327. The van der Waals surface area contributed by atoms with E-state index in [0.717, 1.165) is 19.4 Å². The summed E-state index contributed by atoms with van der Waals surface area (Å²) in [6.07, 6.45) is 3.13. The van der Waals surface area contributed by atoms with Crippen LogP contribution in [0.25, 0.3) is 0 Å². The van der Waals surface area contributed by atoms with Crippen molar-refractivity contribution < 1.29 is 19.1 Å². The lowest BCUT2D eigenvalue weighted by atomic mass is 10.2. The molecule has 0 aromatic rings. The lowest BCUT2D eigenvalue weighted by molar-refractivity contribution is -0.145. The molecular formula is C12H22O4. The smallest absolute Gasteiger partial charge is 0.313 e. The minimum atomic E-state index is -0.431. The third-order valence-electron chi connectivity index (χ3n) is 2.03. The Labute approximate surface area is 97.3 Å². The molecule has 0 bridgehead atoms. The fraction of sp³-hybridized carbons (Fsp3) is 0.833. The molecule has 0 atom stereocenters. The van der Waals surface area contributed by atoms with E-state index >= 15 is 0 Å². The van der Waals surface area contributed by atoms with Crippen LogP contribution in [0.15, 0.2) is 0 Å². The average molecular weight is 230 g/mol. The molecule has 0 aromatic carbocycles. The lowest BCUT2D eigenvalue weighted by Gasteiger charge is -2.03. The highest BCUT2D eigenvalue weighted by Gasteiger charge is 2.09. The van der Waals surface area contributed by atoms with Gasteiger partial charge in [-0.1, -0.05) is 13.3 Å². The molecule has 4 nitrogen and oxygen atoms in total. The zero-order valence-electron chi connectivity index (χ0n) is 10.3. The fourth-order valence-corrected chi connectivity index (χ4v) is 1.18. The third kappa shape index (κ3) is 9.65. The number of carbonyl (C=O) groups excluding carboxylic acids is 2. The molecule has 0 saturated heterocycles. The molecule has 0 aliphatic carbocycles. The molecule has 0 fully saturated rings. The fourth-order valence-electron chi connectivity index (χ4n) is 1.18. The van der Waals surface area contributed by atoms with Crippen molar-refractivity contribution in [3.8, 4) is 0 Å². The first-order chi connectivity index (χ1) is 7.70. The Bertz CT molecular complexity index is 201. The lowest BCUT2D eigenvalue weighted by Crippen LogP contribution is -2.11. The predicted molar refractivity (Wildman–Crippen MR) is 61.2 cm³/mol. The minimum Gasteiger partial charge on any atom is -0.466 e. The zero-order chi connectivity index (χ0) is 12.2. The largest absolute Gasteiger partial charge is 0.466 e. The second kappa shape index (κ2) is 10.6. The van der Waals surface area contributed by atoms with Gasteiger partial charge >= 0.3 is 5.97 Å². The van der Waals surface area contributed by atoms with Crippen molar-refractivity contribution in [3.63, 3.8) is 0 Å². The van der Waals surface area contributed by atoms with Gasteiger partial charge in [0.05, 0.1) is 6.61 Å². The molecule has 94 valence electrons. The second-order valence-corrected chi connectivity index (χ2v) is 3.59. The first kappa shape index (κ1) is 15.1. The highest BCUT2D eigenvalue weighted by molar-refractivity contribution is 5.95. The van der Waals surface area contributed by atoms with Crippen molar-refractivity contribution in [3.05, 3.63) is 0 Å². The van der Waals surface area contributed by atoms with Crippen molar-refractivity contribution in [1.82, 2.24) is 0 Å².